The average molecular weight is 362 g/mol. The van der Waals surface area contributed by atoms with E-state index in [1.807, 2.05) is 42.0 Å². The summed E-state index contributed by atoms with van der Waals surface area (Å²) in [5.41, 5.74) is 2.25. The smallest absolute Gasteiger partial charge is 0.339 e. The lowest BCUT2D eigenvalue weighted by Crippen LogP contribution is -2.41. The minimum Gasteiger partial charge on any atom is -0.448 e. The van der Waals surface area contributed by atoms with Gasteiger partial charge in [-0.2, -0.15) is 0 Å². The number of imidazole rings is 1. The lowest BCUT2D eigenvalue weighted by Gasteiger charge is -2.23. The van der Waals surface area contributed by atoms with Crippen LogP contribution >= 0.6 is 0 Å². The molecule has 1 aliphatic rings. The molecule has 136 valence electrons. The van der Waals surface area contributed by atoms with Gasteiger partial charge < -0.3 is 10.1 Å². The Balaban J connectivity index is 1.43. The summed E-state index contributed by atoms with van der Waals surface area (Å²) in [6.45, 7) is 2.21. The Hall–Kier alpha value is -3.48. The molecule has 0 saturated carbocycles. The van der Waals surface area contributed by atoms with Crippen LogP contribution in [0.2, 0.25) is 0 Å². The molecule has 0 saturated heterocycles. The van der Waals surface area contributed by atoms with Crippen LogP contribution in [0.15, 0.2) is 55.0 Å². The molecule has 1 aromatic carbocycles. The third-order valence-electron chi connectivity index (χ3n) is 4.53. The first-order valence-corrected chi connectivity index (χ1v) is 8.63. The molecule has 0 radical (unpaired) electrons. The second kappa shape index (κ2) is 7.03. The van der Waals surface area contributed by atoms with Crippen LogP contribution < -0.4 is 5.32 Å². The number of carbonyl (C=O) groups is 2. The lowest BCUT2D eigenvalue weighted by molar-refractivity contribution is -0.130. The molecular formula is C20H18N4O3. The van der Waals surface area contributed by atoms with E-state index in [0.717, 1.165) is 22.8 Å². The molecule has 1 amide bonds. The number of hydrogen-bond acceptors (Lipinski definition) is 5. The summed E-state index contributed by atoms with van der Waals surface area (Å²) in [6, 6.07) is 10.9. The van der Waals surface area contributed by atoms with Crippen molar-refractivity contribution in [2.45, 2.75) is 26.0 Å². The number of esters is 1. The molecule has 3 heterocycles. The van der Waals surface area contributed by atoms with E-state index in [4.69, 9.17) is 4.74 Å². The highest BCUT2D eigenvalue weighted by molar-refractivity contribution is 5.95. The Bertz CT molecular complexity index is 1010. The van der Waals surface area contributed by atoms with Gasteiger partial charge in [-0.15, -0.1) is 0 Å². The summed E-state index contributed by atoms with van der Waals surface area (Å²) in [6.07, 6.45) is 4.79. The van der Waals surface area contributed by atoms with Crippen molar-refractivity contribution in [3.05, 3.63) is 77.5 Å². The molecule has 1 unspecified atom stereocenters. The third kappa shape index (κ3) is 3.44. The first kappa shape index (κ1) is 17.0. The van der Waals surface area contributed by atoms with E-state index in [9.17, 15) is 9.59 Å². The number of carbonyl (C=O) groups excluding carboxylic acids is 2. The van der Waals surface area contributed by atoms with Gasteiger partial charge >= 0.3 is 5.97 Å². The number of benzene rings is 1. The fraction of sp³-hybridized carbons (Fsp3) is 0.200. The quantitative estimate of drug-likeness (QED) is 0.717. The van der Waals surface area contributed by atoms with Gasteiger partial charge in [0.15, 0.2) is 6.10 Å². The zero-order valence-corrected chi connectivity index (χ0v) is 14.8. The number of nitrogens with zero attached hydrogens (tertiary/aromatic N) is 3. The zero-order chi connectivity index (χ0) is 18.8. The van der Waals surface area contributed by atoms with Gasteiger partial charge in [0.05, 0.1) is 5.56 Å². The Morgan fingerprint density at radius 3 is 2.93 bits per heavy atom. The third-order valence-corrected chi connectivity index (χ3v) is 4.53. The summed E-state index contributed by atoms with van der Waals surface area (Å²) in [5, 5.41) is 2.84. The zero-order valence-electron chi connectivity index (χ0n) is 14.8. The largest absolute Gasteiger partial charge is 0.448 e. The molecule has 4 rings (SSSR count). The van der Waals surface area contributed by atoms with Gasteiger partial charge in [0.1, 0.15) is 11.6 Å². The van der Waals surface area contributed by atoms with Crippen molar-refractivity contribution in [2.24, 2.45) is 0 Å². The number of fused-ring (bicyclic) bond motifs is 1. The average Bonchev–Trinajstić information content (AvgIpc) is 3.12. The SMILES string of the molecule is Cc1nccn1-c1cc(CNC(=O)C2Cc3ccccc3C(=O)O2)ccn1. The van der Waals surface area contributed by atoms with Crippen molar-refractivity contribution in [1.82, 2.24) is 19.9 Å². The van der Waals surface area contributed by atoms with Crippen molar-refractivity contribution in [1.29, 1.82) is 0 Å². The summed E-state index contributed by atoms with van der Waals surface area (Å²) in [7, 11) is 0. The molecule has 0 spiro atoms. The predicted octanol–water partition coefficient (Wildman–Crippen LogP) is 1.97. The molecule has 0 bridgehead atoms. The van der Waals surface area contributed by atoms with Crippen LogP contribution in [0.5, 0.6) is 0 Å². The van der Waals surface area contributed by atoms with Gasteiger partial charge in [-0.05, 0) is 36.2 Å². The van der Waals surface area contributed by atoms with E-state index in [2.05, 4.69) is 15.3 Å². The minimum atomic E-state index is -0.815. The van der Waals surface area contributed by atoms with Gasteiger partial charge in [0.2, 0.25) is 0 Å². The number of nitrogens with one attached hydrogen (secondary N) is 1. The Labute approximate surface area is 156 Å². The maximum Gasteiger partial charge on any atom is 0.339 e. The number of pyridine rings is 1. The summed E-state index contributed by atoms with van der Waals surface area (Å²) >= 11 is 0. The maximum atomic E-state index is 12.5. The topological polar surface area (TPSA) is 86.1 Å². The van der Waals surface area contributed by atoms with Crippen molar-refractivity contribution >= 4 is 11.9 Å². The van der Waals surface area contributed by atoms with Crippen LogP contribution in [0.3, 0.4) is 0 Å². The summed E-state index contributed by atoms with van der Waals surface area (Å²) < 4.78 is 7.15. The minimum absolute atomic E-state index is 0.310. The second-order valence-corrected chi connectivity index (χ2v) is 6.34. The van der Waals surface area contributed by atoms with Crippen LogP contribution in [0.1, 0.15) is 27.3 Å². The second-order valence-electron chi connectivity index (χ2n) is 6.34. The first-order chi connectivity index (χ1) is 13.1. The molecular weight excluding hydrogens is 344 g/mol. The van der Waals surface area contributed by atoms with Crippen LogP contribution in [-0.2, 0) is 22.5 Å². The van der Waals surface area contributed by atoms with E-state index < -0.39 is 12.1 Å². The molecule has 1 aliphatic heterocycles. The number of rotatable bonds is 4. The van der Waals surface area contributed by atoms with Crippen molar-refractivity contribution in [3.63, 3.8) is 0 Å². The summed E-state index contributed by atoms with van der Waals surface area (Å²) in [4.78, 5) is 33.1. The standard InChI is InChI=1S/C20H18N4O3/c1-13-21-8-9-24(13)18-10-14(6-7-22-18)12-23-19(25)17-11-15-4-2-3-5-16(15)20(26)27-17/h2-10,17H,11-12H2,1H3,(H,23,25). The van der Waals surface area contributed by atoms with E-state index in [1.54, 1.807) is 24.5 Å². The van der Waals surface area contributed by atoms with E-state index >= 15 is 0 Å². The van der Waals surface area contributed by atoms with Crippen LogP contribution in [-0.4, -0.2) is 32.5 Å². The van der Waals surface area contributed by atoms with Crippen LogP contribution in [0, 0.1) is 6.92 Å². The molecule has 2 aromatic heterocycles. The Morgan fingerprint density at radius 2 is 2.11 bits per heavy atom. The van der Waals surface area contributed by atoms with Gasteiger partial charge in [-0.25, -0.2) is 14.8 Å². The fourth-order valence-corrected chi connectivity index (χ4v) is 3.10. The van der Waals surface area contributed by atoms with E-state index in [0.29, 0.717) is 18.5 Å². The van der Waals surface area contributed by atoms with Crippen LogP contribution in [0.25, 0.3) is 5.82 Å². The van der Waals surface area contributed by atoms with E-state index in [1.165, 1.54) is 0 Å². The highest BCUT2D eigenvalue weighted by Gasteiger charge is 2.30. The maximum absolute atomic E-state index is 12.5. The van der Waals surface area contributed by atoms with Crippen molar-refractivity contribution in [2.75, 3.05) is 0 Å². The monoisotopic (exact) mass is 362 g/mol. The molecule has 7 nitrogen and oxygen atoms in total. The molecule has 1 atom stereocenters. The normalized spacial score (nSPS) is 15.7. The molecule has 1 N–H and O–H groups in total. The first-order valence-electron chi connectivity index (χ1n) is 8.63. The Morgan fingerprint density at radius 1 is 1.26 bits per heavy atom. The highest BCUT2D eigenvalue weighted by Crippen LogP contribution is 2.20. The van der Waals surface area contributed by atoms with Crippen molar-refractivity contribution in [3.8, 4) is 5.82 Å². The molecule has 0 fully saturated rings. The van der Waals surface area contributed by atoms with Gasteiger partial charge in [-0.3, -0.25) is 9.36 Å². The molecule has 27 heavy (non-hydrogen) atoms. The molecule has 3 aromatic rings. The number of aromatic nitrogens is 3. The highest BCUT2D eigenvalue weighted by atomic mass is 16.5. The Kier molecular flexibility index (Phi) is 4.42. The summed E-state index contributed by atoms with van der Waals surface area (Å²) in [5.74, 6) is 0.792. The number of cyclic esters (lactones) is 1. The number of hydrogen-bond donors (Lipinski definition) is 1. The van der Waals surface area contributed by atoms with Crippen molar-refractivity contribution < 1.29 is 14.3 Å². The number of aryl methyl sites for hydroxylation is 1. The lowest BCUT2D eigenvalue weighted by atomic mass is 9.98. The molecule has 0 aliphatic carbocycles. The van der Waals surface area contributed by atoms with Gasteiger partial charge in [0, 0.05) is 31.6 Å². The van der Waals surface area contributed by atoms with Crippen LogP contribution in [0.4, 0.5) is 0 Å². The predicted molar refractivity (Wildman–Crippen MR) is 97.3 cm³/mol. The molecule has 7 heteroatoms. The number of ether oxygens (including phenoxy) is 1. The van der Waals surface area contributed by atoms with E-state index in [-0.39, 0.29) is 5.91 Å². The van der Waals surface area contributed by atoms with Gasteiger partial charge in [-0.1, -0.05) is 18.2 Å². The fourth-order valence-electron chi connectivity index (χ4n) is 3.10. The number of amides is 1. The van der Waals surface area contributed by atoms with Gasteiger partial charge in [0.25, 0.3) is 5.91 Å².